The second kappa shape index (κ2) is 7.69. The van der Waals surface area contributed by atoms with E-state index in [9.17, 15) is 0 Å². The molecule has 0 fully saturated rings. The number of hydrogen-bond donors (Lipinski definition) is 1. The molecule has 1 aromatic carbocycles. The van der Waals surface area contributed by atoms with Crippen molar-refractivity contribution in [3.8, 4) is 11.5 Å². The van der Waals surface area contributed by atoms with E-state index in [1.807, 2.05) is 24.3 Å². The molecule has 0 spiro atoms. The summed E-state index contributed by atoms with van der Waals surface area (Å²) in [6.07, 6.45) is 2.04. The molecule has 22 heavy (non-hydrogen) atoms. The summed E-state index contributed by atoms with van der Waals surface area (Å²) in [7, 11) is -1.65. The molecule has 0 saturated heterocycles. The first kappa shape index (κ1) is 18.6. The first-order valence-corrected chi connectivity index (χ1v) is 10.5. The van der Waals surface area contributed by atoms with Crippen molar-refractivity contribution < 1.29 is 0 Å². The van der Waals surface area contributed by atoms with Gasteiger partial charge in [-0.1, -0.05) is 65.7 Å². The molecule has 1 aromatic rings. The van der Waals surface area contributed by atoms with E-state index in [1.54, 1.807) is 0 Å². The van der Waals surface area contributed by atoms with Crippen molar-refractivity contribution in [2.75, 3.05) is 5.73 Å². The lowest BCUT2D eigenvalue weighted by atomic mass is 10.1. The third-order valence-corrected chi connectivity index (χ3v) is 11.1. The zero-order chi connectivity index (χ0) is 16.9. The third kappa shape index (κ3) is 3.84. The number of allylic oxidation sites excluding steroid dienone is 2. The quantitative estimate of drug-likeness (QED) is 0.418. The van der Waals surface area contributed by atoms with Crippen molar-refractivity contribution in [1.29, 1.82) is 0 Å². The summed E-state index contributed by atoms with van der Waals surface area (Å²) in [6, 6.07) is 7.98. The lowest BCUT2D eigenvalue weighted by Gasteiger charge is -2.38. The molecular weight excluding hydrogens is 282 g/mol. The molecule has 0 aliphatic heterocycles. The molecule has 0 atom stereocenters. The van der Waals surface area contributed by atoms with Crippen LogP contribution >= 0.6 is 0 Å². The third-order valence-electron chi connectivity index (χ3n) is 4.83. The molecule has 0 heterocycles. The van der Waals surface area contributed by atoms with E-state index in [0.29, 0.717) is 16.6 Å². The van der Waals surface area contributed by atoms with Crippen LogP contribution in [0.3, 0.4) is 0 Å². The molecule has 0 unspecified atom stereocenters. The van der Waals surface area contributed by atoms with Gasteiger partial charge in [0.25, 0.3) is 0 Å². The van der Waals surface area contributed by atoms with Gasteiger partial charge in [-0.15, -0.1) is 5.54 Å². The highest BCUT2D eigenvalue weighted by molar-refractivity contribution is 6.90. The summed E-state index contributed by atoms with van der Waals surface area (Å²) in [6.45, 7) is 16.1. The van der Waals surface area contributed by atoms with Crippen LogP contribution in [0.15, 0.2) is 30.3 Å². The van der Waals surface area contributed by atoms with Gasteiger partial charge in [0.05, 0.1) is 0 Å². The first-order valence-electron chi connectivity index (χ1n) is 8.27. The number of nitrogens with two attached hydrogens (primary N) is 1. The van der Waals surface area contributed by atoms with Gasteiger partial charge in [0, 0.05) is 11.3 Å². The predicted molar refractivity (Wildman–Crippen MR) is 103 cm³/mol. The van der Waals surface area contributed by atoms with Crippen LogP contribution in [0.25, 0.3) is 5.57 Å². The Balaban J connectivity index is 3.20. The fourth-order valence-electron chi connectivity index (χ4n) is 3.64. The van der Waals surface area contributed by atoms with Crippen molar-refractivity contribution in [3.05, 3.63) is 35.9 Å². The number of benzene rings is 1. The van der Waals surface area contributed by atoms with Crippen LogP contribution in [0.2, 0.25) is 16.6 Å². The SMILES string of the molecule is C/C(=C/C#C[Si](C(C)C)(C(C)C)C(C)C)c1ccccc1N. The molecule has 0 bridgehead atoms. The van der Waals surface area contributed by atoms with Crippen LogP contribution < -0.4 is 5.73 Å². The van der Waals surface area contributed by atoms with Crippen LogP contribution in [0.5, 0.6) is 0 Å². The number of rotatable bonds is 4. The van der Waals surface area contributed by atoms with Gasteiger partial charge in [-0.3, -0.25) is 0 Å². The van der Waals surface area contributed by atoms with E-state index in [2.05, 4.69) is 66.0 Å². The fraction of sp³-hybridized carbons (Fsp3) is 0.500. The molecule has 2 N–H and O–H groups in total. The van der Waals surface area contributed by atoms with E-state index in [4.69, 9.17) is 5.73 Å². The summed E-state index contributed by atoms with van der Waals surface area (Å²) in [5.41, 5.74) is 14.8. The van der Waals surface area contributed by atoms with Crippen LogP contribution in [0.1, 0.15) is 54.0 Å². The molecule has 0 aromatic heterocycles. The largest absolute Gasteiger partial charge is 0.398 e. The van der Waals surface area contributed by atoms with Gasteiger partial charge in [0.1, 0.15) is 8.07 Å². The van der Waals surface area contributed by atoms with Crippen molar-refractivity contribution in [2.45, 2.75) is 65.1 Å². The standard InChI is InChI=1S/C20H31NSi/c1-15(2)22(16(3)4,17(5)6)14-10-11-18(7)19-12-8-9-13-20(19)21/h8-9,11-13,15-17H,21H2,1-7H3/b18-11-. The highest BCUT2D eigenvalue weighted by atomic mass is 28.3. The molecule has 0 amide bonds. The Morgan fingerprint density at radius 3 is 1.95 bits per heavy atom. The lowest BCUT2D eigenvalue weighted by Crippen LogP contribution is -2.43. The second-order valence-electron chi connectivity index (χ2n) is 7.08. The van der Waals surface area contributed by atoms with Crippen LogP contribution in [-0.2, 0) is 0 Å². The van der Waals surface area contributed by atoms with Crippen molar-refractivity contribution in [1.82, 2.24) is 0 Å². The van der Waals surface area contributed by atoms with Gasteiger partial charge in [0.2, 0.25) is 0 Å². The zero-order valence-electron chi connectivity index (χ0n) is 15.2. The van der Waals surface area contributed by atoms with Gasteiger partial charge in [-0.05, 0) is 41.3 Å². The zero-order valence-corrected chi connectivity index (χ0v) is 16.2. The Hall–Kier alpha value is -1.46. The molecular formula is C20H31NSi. The summed E-state index contributed by atoms with van der Waals surface area (Å²) < 4.78 is 0. The monoisotopic (exact) mass is 313 g/mol. The van der Waals surface area contributed by atoms with Gasteiger partial charge in [-0.2, -0.15) is 0 Å². The maximum Gasteiger partial charge on any atom is 0.146 e. The van der Waals surface area contributed by atoms with Crippen molar-refractivity contribution >= 4 is 19.3 Å². The Morgan fingerprint density at radius 1 is 1.00 bits per heavy atom. The Kier molecular flexibility index (Phi) is 6.50. The number of para-hydroxylation sites is 1. The van der Waals surface area contributed by atoms with Gasteiger partial charge in [0.15, 0.2) is 0 Å². The maximum absolute atomic E-state index is 6.04. The summed E-state index contributed by atoms with van der Waals surface area (Å²) in [4.78, 5) is 0. The lowest BCUT2D eigenvalue weighted by molar-refractivity contribution is 0.838. The van der Waals surface area contributed by atoms with Crippen LogP contribution in [-0.4, -0.2) is 8.07 Å². The topological polar surface area (TPSA) is 26.0 Å². The average Bonchev–Trinajstić information content (AvgIpc) is 2.42. The highest BCUT2D eigenvalue weighted by Gasteiger charge is 2.41. The molecule has 0 aliphatic carbocycles. The molecule has 2 heteroatoms. The number of hydrogen-bond acceptors (Lipinski definition) is 1. The first-order chi connectivity index (χ1) is 10.2. The molecule has 0 aliphatic rings. The van der Waals surface area contributed by atoms with Crippen LogP contribution in [0.4, 0.5) is 5.69 Å². The van der Waals surface area contributed by atoms with Crippen molar-refractivity contribution in [3.63, 3.8) is 0 Å². The Labute approximate surface area is 138 Å². The summed E-state index contributed by atoms with van der Waals surface area (Å²) in [5, 5.41) is 0. The second-order valence-corrected chi connectivity index (χ2v) is 12.7. The number of nitrogen functional groups attached to an aromatic ring is 1. The Morgan fingerprint density at radius 2 is 1.50 bits per heavy atom. The van der Waals surface area contributed by atoms with E-state index < -0.39 is 8.07 Å². The van der Waals surface area contributed by atoms with Gasteiger partial charge < -0.3 is 5.73 Å². The average molecular weight is 314 g/mol. The molecule has 1 nitrogen and oxygen atoms in total. The molecule has 1 rings (SSSR count). The van der Waals surface area contributed by atoms with E-state index in [0.717, 1.165) is 16.8 Å². The van der Waals surface area contributed by atoms with Gasteiger partial charge >= 0.3 is 0 Å². The minimum Gasteiger partial charge on any atom is -0.398 e. The van der Waals surface area contributed by atoms with E-state index in [1.165, 1.54) is 0 Å². The normalized spacial score (nSPS) is 12.7. The number of anilines is 1. The van der Waals surface area contributed by atoms with E-state index in [-0.39, 0.29) is 0 Å². The summed E-state index contributed by atoms with van der Waals surface area (Å²) in [5.74, 6) is 3.39. The van der Waals surface area contributed by atoms with Crippen LogP contribution in [0, 0.1) is 11.5 Å². The smallest absolute Gasteiger partial charge is 0.146 e. The summed E-state index contributed by atoms with van der Waals surface area (Å²) >= 11 is 0. The maximum atomic E-state index is 6.04. The minimum absolute atomic E-state index is 0.663. The molecule has 0 radical (unpaired) electrons. The fourth-order valence-corrected chi connectivity index (χ4v) is 8.82. The molecule has 0 saturated carbocycles. The molecule has 120 valence electrons. The van der Waals surface area contributed by atoms with E-state index >= 15 is 0 Å². The Bertz CT molecular complexity index is 563. The highest BCUT2D eigenvalue weighted by Crippen LogP contribution is 2.40. The van der Waals surface area contributed by atoms with Crippen molar-refractivity contribution in [2.24, 2.45) is 0 Å². The predicted octanol–water partition coefficient (Wildman–Crippen LogP) is 5.89. The minimum atomic E-state index is -1.65. The van der Waals surface area contributed by atoms with Gasteiger partial charge in [-0.25, -0.2) is 0 Å².